The molecule has 11 nitrogen and oxygen atoms in total. The Labute approximate surface area is 212 Å². The molecule has 3 aromatic heterocycles. The number of hydrogen-bond acceptors (Lipinski definition) is 8. The number of rotatable bonds is 5. The van der Waals surface area contributed by atoms with Gasteiger partial charge in [0, 0.05) is 26.2 Å². The van der Waals surface area contributed by atoms with Crippen LogP contribution in [0.5, 0.6) is 0 Å². The van der Waals surface area contributed by atoms with Crippen molar-refractivity contribution in [2.45, 2.75) is 26.5 Å². The molecule has 2 N–H and O–H groups in total. The zero-order valence-corrected chi connectivity index (χ0v) is 21.3. The van der Waals surface area contributed by atoms with Gasteiger partial charge >= 0.3 is 6.09 Å². The number of carbonyl (C=O) groups excluding carboxylic acids is 1. The summed E-state index contributed by atoms with van der Waals surface area (Å²) < 4.78 is 21.8. The fraction of sp³-hybridized carbons (Fsp3) is 0.381. The van der Waals surface area contributed by atoms with Crippen molar-refractivity contribution in [2.75, 3.05) is 36.4 Å². The lowest BCUT2D eigenvalue weighted by atomic mass is 10.3. The van der Waals surface area contributed by atoms with Crippen LogP contribution in [0.3, 0.4) is 0 Å². The van der Waals surface area contributed by atoms with Gasteiger partial charge in [-0.1, -0.05) is 11.6 Å². The fourth-order valence-electron chi connectivity index (χ4n) is 3.78. The van der Waals surface area contributed by atoms with E-state index in [0.29, 0.717) is 59.5 Å². The molecule has 0 aliphatic carbocycles. The number of halogens is 3. The maximum absolute atomic E-state index is 14.3. The summed E-state index contributed by atoms with van der Waals surface area (Å²) in [5, 5.41) is 7.56. The van der Waals surface area contributed by atoms with E-state index in [1.807, 2.05) is 18.7 Å². The highest BCUT2D eigenvalue weighted by Crippen LogP contribution is 2.25. The Balaban J connectivity index is 1.36. The third-order valence-corrected chi connectivity index (χ3v) is 6.33. The standard InChI is InChI=1S/C21H22BrClFN9O2/c1-11(2)35-21(34)32-7-5-31(6-8-32)20-29-18-12(22)9-26-33(18)19(30-20)25-10-15-27-14-4-3-13(23)16(24)17(14)28-15/h3-4,9,11H,5-8,10H2,1-2H3,(H,27,28)(H,25,29,30). The Morgan fingerprint density at radius 3 is 2.77 bits per heavy atom. The average molecular weight is 567 g/mol. The average Bonchev–Trinajstić information content (AvgIpc) is 3.43. The van der Waals surface area contributed by atoms with Crippen molar-refractivity contribution in [2.24, 2.45) is 0 Å². The number of imidazole rings is 1. The van der Waals surface area contributed by atoms with Gasteiger partial charge in [-0.05, 0) is 41.9 Å². The van der Waals surface area contributed by atoms with E-state index in [-0.39, 0.29) is 29.3 Å². The Hall–Kier alpha value is -3.19. The van der Waals surface area contributed by atoms with Crippen molar-refractivity contribution in [1.82, 2.24) is 34.4 Å². The minimum absolute atomic E-state index is 0.0182. The van der Waals surface area contributed by atoms with Crippen LogP contribution < -0.4 is 10.2 Å². The molecule has 1 amide bonds. The van der Waals surface area contributed by atoms with Gasteiger partial charge in [0.05, 0.1) is 33.9 Å². The van der Waals surface area contributed by atoms with Crippen molar-refractivity contribution >= 4 is 62.2 Å². The van der Waals surface area contributed by atoms with E-state index in [4.69, 9.17) is 16.3 Å². The number of carbonyl (C=O) groups is 1. The molecule has 4 heterocycles. The highest BCUT2D eigenvalue weighted by molar-refractivity contribution is 9.10. The molecule has 0 bridgehead atoms. The number of aromatic nitrogens is 6. The van der Waals surface area contributed by atoms with Crippen LogP contribution in [0.25, 0.3) is 16.7 Å². The Bertz CT molecular complexity index is 1400. The van der Waals surface area contributed by atoms with E-state index in [9.17, 15) is 9.18 Å². The van der Waals surface area contributed by atoms with Gasteiger partial charge in [0.2, 0.25) is 11.9 Å². The molecule has 1 aliphatic rings. The number of amides is 1. The van der Waals surface area contributed by atoms with E-state index in [1.54, 1.807) is 21.7 Å². The van der Waals surface area contributed by atoms with Gasteiger partial charge in [-0.2, -0.15) is 19.6 Å². The number of ether oxygens (including phenoxy) is 1. The second kappa shape index (κ2) is 9.46. The second-order valence-corrected chi connectivity index (χ2v) is 9.54. The molecule has 0 spiro atoms. The molecular formula is C21H22BrClFN9O2. The van der Waals surface area contributed by atoms with E-state index < -0.39 is 5.82 Å². The van der Waals surface area contributed by atoms with Crippen LogP contribution in [0, 0.1) is 5.82 Å². The number of fused-ring (bicyclic) bond motifs is 2. The smallest absolute Gasteiger partial charge is 0.410 e. The molecule has 0 saturated carbocycles. The zero-order chi connectivity index (χ0) is 24.7. The van der Waals surface area contributed by atoms with E-state index >= 15 is 0 Å². The van der Waals surface area contributed by atoms with Crippen molar-refractivity contribution in [1.29, 1.82) is 0 Å². The number of benzene rings is 1. The van der Waals surface area contributed by atoms with Crippen molar-refractivity contribution in [3.63, 3.8) is 0 Å². The lowest BCUT2D eigenvalue weighted by Crippen LogP contribution is -2.49. The number of hydrogen-bond donors (Lipinski definition) is 2. The molecule has 1 aliphatic heterocycles. The summed E-state index contributed by atoms with van der Waals surface area (Å²) in [5.74, 6) is 0.889. The third-order valence-electron chi connectivity index (χ3n) is 5.48. The lowest BCUT2D eigenvalue weighted by molar-refractivity contribution is 0.0750. The van der Waals surface area contributed by atoms with Crippen LogP contribution in [0.4, 0.5) is 21.1 Å². The van der Waals surface area contributed by atoms with Crippen LogP contribution >= 0.6 is 27.5 Å². The predicted molar refractivity (Wildman–Crippen MR) is 132 cm³/mol. The Kier molecular flexibility index (Phi) is 6.36. The predicted octanol–water partition coefficient (Wildman–Crippen LogP) is 3.83. The summed E-state index contributed by atoms with van der Waals surface area (Å²) in [6.07, 6.45) is 1.15. The normalized spacial score (nSPS) is 14.3. The monoisotopic (exact) mass is 565 g/mol. The number of H-pyrrole nitrogens is 1. The molecule has 1 aromatic carbocycles. The number of piperazine rings is 1. The Morgan fingerprint density at radius 1 is 1.26 bits per heavy atom. The molecular weight excluding hydrogens is 545 g/mol. The molecule has 1 saturated heterocycles. The number of aromatic amines is 1. The van der Waals surface area contributed by atoms with Crippen molar-refractivity contribution in [3.05, 3.63) is 39.5 Å². The quantitative estimate of drug-likeness (QED) is 0.374. The highest BCUT2D eigenvalue weighted by Gasteiger charge is 2.25. The number of nitrogens with one attached hydrogen (secondary N) is 2. The molecule has 184 valence electrons. The van der Waals surface area contributed by atoms with Crippen molar-refractivity contribution in [3.8, 4) is 0 Å². The van der Waals surface area contributed by atoms with E-state index in [0.717, 1.165) is 0 Å². The molecule has 5 rings (SSSR count). The van der Waals surface area contributed by atoms with Crippen LogP contribution in [0.1, 0.15) is 19.7 Å². The molecule has 14 heteroatoms. The molecule has 1 fully saturated rings. The van der Waals surface area contributed by atoms with Gasteiger partial charge in [-0.3, -0.25) is 0 Å². The van der Waals surface area contributed by atoms with Gasteiger partial charge < -0.3 is 24.8 Å². The first-order valence-corrected chi connectivity index (χ1v) is 12.2. The van der Waals surface area contributed by atoms with E-state index in [1.165, 1.54) is 6.07 Å². The fourth-order valence-corrected chi connectivity index (χ4v) is 4.28. The van der Waals surface area contributed by atoms with Crippen LogP contribution in [-0.4, -0.2) is 72.8 Å². The molecule has 0 radical (unpaired) electrons. The largest absolute Gasteiger partial charge is 0.447 e. The topological polar surface area (TPSA) is 117 Å². The third kappa shape index (κ3) is 4.69. The minimum atomic E-state index is -0.564. The summed E-state index contributed by atoms with van der Waals surface area (Å²) in [7, 11) is 0. The van der Waals surface area contributed by atoms with Gasteiger partial charge in [0.15, 0.2) is 11.5 Å². The van der Waals surface area contributed by atoms with Crippen LogP contribution in [0.2, 0.25) is 5.02 Å². The first-order chi connectivity index (χ1) is 16.8. The van der Waals surface area contributed by atoms with E-state index in [2.05, 4.69) is 46.3 Å². The van der Waals surface area contributed by atoms with Gasteiger partial charge in [0.1, 0.15) is 11.3 Å². The summed E-state index contributed by atoms with van der Waals surface area (Å²) in [6.45, 7) is 5.99. The van der Waals surface area contributed by atoms with Crippen LogP contribution in [0.15, 0.2) is 22.8 Å². The summed E-state index contributed by atoms with van der Waals surface area (Å²) >= 11 is 9.35. The van der Waals surface area contributed by atoms with Crippen molar-refractivity contribution < 1.29 is 13.9 Å². The first-order valence-electron chi connectivity index (χ1n) is 11.0. The minimum Gasteiger partial charge on any atom is -0.447 e. The molecule has 4 aromatic rings. The maximum Gasteiger partial charge on any atom is 0.410 e. The maximum atomic E-state index is 14.3. The van der Waals surface area contributed by atoms with Gasteiger partial charge in [-0.15, -0.1) is 0 Å². The summed E-state index contributed by atoms with van der Waals surface area (Å²) in [5.41, 5.74) is 1.31. The summed E-state index contributed by atoms with van der Waals surface area (Å²) in [4.78, 5) is 32.6. The highest BCUT2D eigenvalue weighted by atomic mass is 79.9. The van der Waals surface area contributed by atoms with Crippen LogP contribution in [-0.2, 0) is 11.3 Å². The zero-order valence-electron chi connectivity index (χ0n) is 18.9. The SMILES string of the molecule is CC(C)OC(=O)N1CCN(c2nc(NCc3nc4c(F)c(Cl)ccc4[nH]3)n3ncc(Br)c3n2)CC1. The lowest BCUT2D eigenvalue weighted by Gasteiger charge is -2.34. The van der Waals surface area contributed by atoms with Gasteiger partial charge in [-0.25, -0.2) is 14.2 Å². The number of nitrogens with zero attached hydrogens (tertiary/aromatic N) is 7. The van der Waals surface area contributed by atoms with Gasteiger partial charge in [0.25, 0.3) is 0 Å². The second-order valence-electron chi connectivity index (χ2n) is 8.28. The first kappa shape index (κ1) is 23.5. The number of anilines is 2. The molecule has 35 heavy (non-hydrogen) atoms. The molecule has 0 atom stereocenters. The Morgan fingerprint density at radius 2 is 2.03 bits per heavy atom. The summed E-state index contributed by atoms with van der Waals surface area (Å²) in [6, 6.07) is 3.16. The molecule has 0 unspecified atom stereocenters.